The molecule has 0 atom stereocenters. The van der Waals surface area contributed by atoms with Gasteiger partial charge in [0.05, 0.1) is 11.5 Å². The number of nitrogens with one attached hydrogen (secondary N) is 1. The molecule has 92 valence electrons. The van der Waals surface area contributed by atoms with Gasteiger partial charge in [0.25, 0.3) is 5.69 Å². The summed E-state index contributed by atoms with van der Waals surface area (Å²) in [7, 11) is 0. The predicted molar refractivity (Wildman–Crippen MR) is 55.1 cm³/mol. The molecule has 2 N–H and O–H groups in total. The lowest BCUT2D eigenvalue weighted by atomic mass is 10.2. The number of ether oxygens (including phenoxy) is 1. The summed E-state index contributed by atoms with van der Waals surface area (Å²) in [6, 6.07) is 3.16. The molecule has 0 aliphatic heterocycles. The number of para-hydroxylation sites is 1. The van der Waals surface area contributed by atoms with E-state index >= 15 is 0 Å². The zero-order valence-corrected chi connectivity index (χ0v) is 8.55. The van der Waals surface area contributed by atoms with Crippen molar-refractivity contribution in [1.29, 1.82) is 0 Å². The third-order valence-corrected chi connectivity index (χ3v) is 1.74. The van der Waals surface area contributed by atoms with Crippen molar-refractivity contribution >= 4 is 17.5 Å². The second-order valence-corrected chi connectivity index (χ2v) is 2.88. The molecule has 7 nitrogen and oxygen atoms in total. The number of carbonyl (C=O) groups excluding carboxylic acids is 1. The molecule has 1 aromatic carbocycles. The van der Waals surface area contributed by atoms with Gasteiger partial charge in [-0.1, -0.05) is 6.07 Å². The summed E-state index contributed by atoms with van der Waals surface area (Å²) >= 11 is 0. The van der Waals surface area contributed by atoms with Crippen LogP contribution in [0.4, 0.5) is 20.6 Å². The van der Waals surface area contributed by atoms with Gasteiger partial charge in [0.15, 0.2) is 11.5 Å². The Morgan fingerprint density at radius 3 is 2.88 bits per heavy atom. The average molecular weight is 244 g/mol. The first-order chi connectivity index (χ1) is 8.06. The number of anilines is 1. The van der Waals surface area contributed by atoms with Crippen LogP contribution in [0.25, 0.3) is 0 Å². The number of carbonyl (C=O) groups is 1. The van der Waals surface area contributed by atoms with Gasteiger partial charge in [0.2, 0.25) is 0 Å². The molecule has 0 aliphatic rings. The number of hydrogen-bond acceptors (Lipinski definition) is 5. The Hall–Kier alpha value is -2.22. The van der Waals surface area contributed by atoms with Gasteiger partial charge in [-0.15, -0.1) is 0 Å². The summed E-state index contributed by atoms with van der Waals surface area (Å²) < 4.78 is 17.7. The van der Waals surface area contributed by atoms with Crippen LogP contribution in [-0.4, -0.2) is 29.3 Å². The van der Waals surface area contributed by atoms with Crippen molar-refractivity contribution in [3.63, 3.8) is 0 Å². The van der Waals surface area contributed by atoms with Crippen LogP contribution in [0.5, 0.6) is 0 Å². The molecule has 0 fully saturated rings. The van der Waals surface area contributed by atoms with E-state index in [1.807, 2.05) is 5.32 Å². The molecule has 0 radical (unpaired) electrons. The van der Waals surface area contributed by atoms with Crippen LogP contribution in [-0.2, 0) is 4.74 Å². The highest BCUT2D eigenvalue weighted by Gasteiger charge is 2.20. The Labute approximate surface area is 95.0 Å². The largest absolute Gasteiger partial charge is 0.447 e. The van der Waals surface area contributed by atoms with Gasteiger partial charge in [-0.25, -0.2) is 9.18 Å². The van der Waals surface area contributed by atoms with Gasteiger partial charge in [0.1, 0.15) is 6.61 Å². The fraction of sp³-hybridized carbons (Fsp3) is 0.222. The first-order valence-corrected chi connectivity index (χ1v) is 4.53. The quantitative estimate of drug-likeness (QED) is 0.613. The Balaban J connectivity index is 2.89. The van der Waals surface area contributed by atoms with Crippen molar-refractivity contribution in [2.24, 2.45) is 0 Å². The summed E-state index contributed by atoms with van der Waals surface area (Å²) in [6.07, 6.45) is -1.08. The first-order valence-electron chi connectivity index (χ1n) is 4.53. The topological polar surface area (TPSA) is 102 Å². The van der Waals surface area contributed by atoms with E-state index in [9.17, 15) is 19.3 Å². The molecule has 1 amide bonds. The highest BCUT2D eigenvalue weighted by molar-refractivity contribution is 5.88. The maximum atomic E-state index is 13.3. The number of benzene rings is 1. The number of aliphatic hydroxyl groups is 1. The fourth-order valence-electron chi connectivity index (χ4n) is 1.07. The molecule has 17 heavy (non-hydrogen) atoms. The molecule has 0 aliphatic carbocycles. The Morgan fingerprint density at radius 2 is 2.29 bits per heavy atom. The third kappa shape index (κ3) is 3.38. The number of aliphatic hydroxyl groups excluding tert-OH is 1. The number of nitro groups is 1. The minimum atomic E-state index is -1.08. The monoisotopic (exact) mass is 244 g/mol. The molecular formula is C9H9FN2O5. The number of amides is 1. The van der Waals surface area contributed by atoms with Crippen molar-refractivity contribution in [2.45, 2.75) is 0 Å². The van der Waals surface area contributed by atoms with Crippen molar-refractivity contribution < 1.29 is 24.0 Å². The van der Waals surface area contributed by atoms with Crippen molar-refractivity contribution in [1.82, 2.24) is 0 Å². The smallest absolute Gasteiger partial charge is 0.411 e. The van der Waals surface area contributed by atoms with E-state index in [0.29, 0.717) is 0 Å². The maximum Gasteiger partial charge on any atom is 0.411 e. The molecule has 0 saturated heterocycles. The maximum absolute atomic E-state index is 13.3. The first kappa shape index (κ1) is 12.8. The summed E-state index contributed by atoms with van der Waals surface area (Å²) in [5.74, 6) is -0.944. The second-order valence-electron chi connectivity index (χ2n) is 2.88. The van der Waals surface area contributed by atoms with Gasteiger partial charge in [-0.05, 0) is 6.07 Å². The zero-order valence-electron chi connectivity index (χ0n) is 8.55. The number of nitrogens with zero attached hydrogens (tertiary/aromatic N) is 1. The van der Waals surface area contributed by atoms with E-state index in [1.54, 1.807) is 0 Å². The van der Waals surface area contributed by atoms with Gasteiger partial charge in [-0.3, -0.25) is 15.4 Å². The molecule has 1 aromatic rings. The molecular weight excluding hydrogens is 235 g/mol. The summed E-state index contributed by atoms with van der Waals surface area (Å²) in [4.78, 5) is 20.8. The lowest BCUT2D eigenvalue weighted by molar-refractivity contribution is -0.384. The zero-order chi connectivity index (χ0) is 12.8. The summed E-state index contributed by atoms with van der Waals surface area (Å²) in [6.45, 7) is -0.680. The van der Waals surface area contributed by atoms with Crippen LogP contribution in [0.1, 0.15) is 0 Å². The number of rotatable bonds is 4. The summed E-state index contributed by atoms with van der Waals surface area (Å²) in [5, 5.41) is 20.9. The van der Waals surface area contributed by atoms with Crippen molar-refractivity contribution in [3.05, 3.63) is 34.1 Å². The van der Waals surface area contributed by atoms with Gasteiger partial charge < -0.3 is 9.84 Å². The van der Waals surface area contributed by atoms with Gasteiger partial charge >= 0.3 is 6.09 Å². The lowest BCUT2D eigenvalue weighted by Gasteiger charge is -2.06. The molecule has 0 unspecified atom stereocenters. The average Bonchev–Trinajstić information content (AvgIpc) is 2.28. The van der Waals surface area contributed by atoms with Crippen LogP contribution in [0.3, 0.4) is 0 Å². The molecule has 0 spiro atoms. The number of hydrogen-bond donors (Lipinski definition) is 2. The minimum absolute atomic E-state index is 0.284. The Morgan fingerprint density at radius 1 is 1.59 bits per heavy atom. The highest BCUT2D eigenvalue weighted by Crippen LogP contribution is 2.26. The van der Waals surface area contributed by atoms with Crippen molar-refractivity contribution in [3.8, 4) is 0 Å². The fourth-order valence-corrected chi connectivity index (χ4v) is 1.07. The van der Waals surface area contributed by atoms with E-state index in [2.05, 4.69) is 4.74 Å². The molecule has 0 aromatic heterocycles. The summed E-state index contributed by atoms with van der Waals surface area (Å²) in [5.41, 5.74) is -1.15. The standard InChI is InChI=1S/C9H9FN2O5/c10-6-2-1-3-7(12(15)16)8(6)11-9(14)17-5-4-13/h1-3,13H,4-5H2,(H,11,14). The molecule has 8 heteroatoms. The molecule has 1 rings (SSSR count). The number of halogens is 1. The van der Waals surface area contributed by atoms with E-state index < -0.39 is 34.8 Å². The van der Waals surface area contributed by atoms with E-state index in [-0.39, 0.29) is 6.61 Å². The Bertz CT molecular complexity index is 437. The molecule has 0 bridgehead atoms. The second kappa shape index (κ2) is 5.75. The van der Waals surface area contributed by atoms with E-state index in [4.69, 9.17) is 5.11 Å². The van der Waals surface area contributed by atoms with Crippen LogP contribution in [0.2, 0.25) is 0 Å². The van der Waals surface area contributed by atoms with Crippen molar-refractivity contribution in [2.75, 3.05) is 18.5 Å². The minimum Gasteiger partial charge on any atom is -0.447 e. The van der Waals surface area contributed by atoms with Gasteiger partial charge in [-0.2, -0.15) is 0 Å². The third-order valence-electron chi connectivity index (χ3n) is 1.74. The van der Waals surface area contributed by atoms with Crippen LogP contribution >= 0.6 is 0 Å². The number of nitro benzene ring substituents is 1. The van der Waals surface area contributed by atoms with Crippen LogP contribution in [0, 0.1) is 15.9 Å². The van der Waals surface area contributed by atoms with Crippen LogP contribution in [0.15, 0.2) is 18.2 Å². The molecule has 0 saturated carbocycles. The highest BCUT2D eigenvalue weighted by atomic mass is 19.1. The Kier molecular flexibility index (Phi) is 4.35. The SMILES string of the molecule is O=C(Nc1c(F)cccc1[N+](=O)[O-])OCCO. The molecule has 0 heterocycles. The van der Waals surface area contributed by atoms with Gasteiger partial charge in [0, 0.05) is 6.07 Å². The van der Waals surface area contributed by atoms with E-state index in [0.717, 1.165) is 18.2 Å². The van der Waals surface area contributed by atoms with E-state index in [1.165, 1.54) is 0 Å². The predicted octanol–water partition coefficient (Wildman–Crippen LogP) is 1.27. The van der Waals surface area contributed by atoms with Crippen LogP contribution < -0.4 is 5.32 Å². The normalized spacial score (nSPS) is 9.76. The lowest BCUT2D eigenvalue weighted by Crippen LogP contribution is -2.17.